The van der Waals surface area contributed by atoms with Gasteiger partial charge in [0, 0.05) is 17.3 Å². The van der Waals surface area contributed by atoms with Crippen LogP contribution in [0.25, 0.3) is 0 Å². The third kappa shape index (κ3) is 21.5. The fraction of sp³-hybridized carbons (Fsp3) is 0.667. The molecule has 0 aromatic rings. The van der Waals surface area contributed by atoms with Crippen LogP contribution in [0.15, 0.2) is 0 Å². The van der Waals surface area contributed by atoms with E-state index in [2.05, 4.69) is 0 Å². The van der Waals surface area contributed by atoms with Crippen molar-refractivity contribution in [3.05, 3.63) is 0 Å². The summed E-state index contributed by atoms with van der Waals surface area (Å²) in [5, 5.41) is 21.1. The lowest BCUT2D eigenvalue weighted by Crippen LogP contribution is -2.20. The first-order chi connectivity index (χ1) is 15.6. The lowest BCUT2D eigenvalue weighted by atomic mass is 10.0. The quantitative estimate of drug-likeness (QED) is 0.0679. The molecular weight excluding hydrogens is 492 g/mol. The van der Waals surface area contributed by atoms with E-state index in [4.69, 9.17) is 47.6 Å². The number of rotatable bonds is 17. The van der Waals surface area contributed by atoms with Gasteiger partial charge in [-0.2, -0.15) is 0 Å². The van der Waals surface area contributed by atoms with Gasteiger partial charge in [-0.1, -0.05) is 35.3 Å². The van der Waals surface area contributed by atoms with Gasteiger partial charge in [-0.25, -0.2) is 0 Å². The molecule has 0 aliphatic heterocycles. The number of nitrogens with one attached hydrogen (secondary N) is 3. The van der Waals surface area contributed by atoms with Gasteiger partial charge < -0.3 is 31.4 Å². The van der Waals surface area contributed by atoms with Crippen molar-refractivity contribution in [2.24, 2.45) is 23.1 Å². The Bertz CT molecular complexity index is 644. The molecule has 188 valence electrons. The summed E-state index contributed by atoms with van der Waals surface area (Å²) in [6.07, 6.45) is 1.14. The smallest absolute Gasteiger partial charge is 0.306 e. The van der Waals surface area contributed by atoms with Crippen LogP contribution in [-0.2, 0) is 28.6 Å². The van der Waals surface area contributed by atoms with Crippen LogP contribution in [0.3, 0.4) is 0 Å². The SMILES string of the molecule is N=C(N)SCCC(=O)OCCC(CCOC(=O)CCSC(=N)N)COC(=O)CCSC(=N)N. The molecule has 15 heteroatoms. The predicted molar refractivity (Wildman–Crippen MR) is 133 cm³/mol. The molecule has 0 aliphatic carbocycles. The zero-order valence-electron chi connectivity index (χ0n) is 18.3. The van der Waals surface area contributed by atoms with Gasteiger partial charge in [-0.3, -0.25) is 30.6 Å². The Balaban J connectivity index is 4.41. The molecule has 0 amide bonds. The molecule has 0 aromatic heterocycles. The van der Waals surface area contributed by atoms with E-state index in [1.54, 1.807) is 0 Å². The van der Waals surface area contributed by atoms with Crippen molar-refractivity contribution < 1.29 is 28.6 Å². The highest BCUT2D eigenvalue weighted by Gasteiger charge is 2.15. The lowest BCUT2D eigenvalue weighted by Gasteiger charge is -2.17. The van der Waals surface area contributed by atoms with Crippen LogP contribution in [0.2, 0.25) is 0 Å². The largest absolute Gasteiger partial charge is 0.466 e. The molecule has 0 bridgehead atoms. The monoisotopic (exact) mass is 524 g/mol. The first-order valence-corrected chi connectivity index (χ1v) is 12.9. The zero-order valence-corrected chi connectivity index (χ0v) is 20.7. The summed E-state index contributed by atoms with van der Waals surface area (Å²) in [4.78, 5) is 35.3. The summed E-state index contributed by atoms with van der Waals surface area (Å²) in [6.45, 7) is 0.281. The minimum absolute atomic E-state index is 0.0685. The van der Waals surface area contributed by atoms with E-state index in [9.17, 15) is 14.4 Å². The molecule has 0 heterocycles. The number of amidine groups is 3. The maximum absolute atomic E-state index is 11.9. The van der Waals surface area contributed by atoms with Crippen LogP contribution in [0.5, 0.6) is 0 Å². The van der Waals surface area contributed by atoms with Crippen molar-refractivity contribution in [2.45, 2.75) is 32.1 Å². The number of nitrogens with two attached hydrogens (primary N) is 3. The maximum Gasteiger partial charge on any atom is 0.306 e. The normalized spacial score (nSPS) is 11.3. The average Bonchev–Trinajstić information content (AvgIpc) is 2.70. The maximum atomic E-state index is 11.9. The van der Waals surface area contributed by atoms with Crippen molar-refractivity contribution in [3.8, 4) is 0 Å². The molecule has 0 rings (SSSR count). The van der Waals surface area contributed by atoms with E-state index < -0.39 is 17.9 Å². The predicted octanol–water partition coefficient (Wildman–Crippen LogP) is 1.06. The molecule has 0 fully saturated rings. The van der Waals surface area contributed by atoms with Crippen LogP contribution in [0.4, 0.5) is 0 Å². The fourth-order valence-electron chi connectivity index (χ4n) is 2.15. The van der Waals surface area contributed by atoms with Crippen molar-refractivity contribution in [3.63, 3.8) is 0 Å². The van der Waals surface area contributed by atoms with Gasteiger partial charge in [0.25, 0.3) is 0 Å². The van der Waals surface area contributed by atoms with Gasteiger partial charge in [-0.15, -0.1) is 0 Å². The van der Waals surface area contributed by atoms with E-state index in [0.717, 1.165) is 35.3 Å². The van der Waals surface area contributed by atoms with Crippen LogP contribution in [0, 0.1) is 22.1 Å². The first-order valence-electron chi connectivity index (χ1n) is 9.97. The lowest BCUT2D eigenvalue weighted by molar-refractivity contribution is -0.148. The van der Waals surface area contributed by atoms with E-state index in [1.165, 1.54) is 0 Å². The van der Waals surface area contributed by atoms with Crippen LogP contribution < -0.4 is 17.2 Å². The molecule has 0 spiro atoms. The average molecular weight is 525 g/mol. The molecular formula is C18H32N6O6S3. The summed E-state index contributed by atoms with van der Waals surface area (Å²) < 4.78 is 15.6. The molecule has 0 aromatic carbocycles. The Morgan fingerprint density at radius 3 is 1.30 bits per heavy atom. The summed E-state index contributed by atoms with van der Waals surface area (Å²) in [6, 6.07) is 0. The number of esters is 3. The van der Waals surface area contributed by atoms with Gasteiger partial charge in [0.05, 0.1) is 39.1 Å². The second kappa shape index (κ2) is 19.3. The molecule has 33 heavy (non-hydrogen) atoms. The minimum Gasteiger partial charge on any atom is -0.466 e. The second-order valence-electron chi connectivity index (χ2n) is 6.46. The summed E-state index contributed by atoms with van der Waals surface area (Å²) in [5.74, 6) is -0.440. The highest BCUT2D eigenvalue weighted by Crippen LogP contribution is 2.13. The topological polar surface area (TPSA) is 229 Å². The summed E-state index contributed by atoms with van der Waals surface area (Å²) in [5.41, 5.74) is 15.6. The van der Waals surface area contributed by atoms with E-state index >= 15 is 0 Å². The van der Waals surface area contributed by atoms with Crippen LogP contribution in [0.1, 0.15) is 32.1 Å². The van der Waals surface area contributed by atoms with Crippen molar-refractivity contribution in [2.75, 3.05) is 37.1 Å². The number of hydrogen-bond acceptors (Lipinski definition) is 12. The number of carbonyl (C=O) groups excluding carboxylic acids is 3. The van der Waals surface area contributed by atoms with Gasteiger partial charge >= 0.3 is 17.9 Å². The van der Waals surface area contributed by atoms with Gasteiger partial charge in [0.15, 0.2) is 15.5 Å². The van der Waals surface area contributed by atoms with Crippen molar-refractivity contribution >= 4 is 68.7 Å². The fourth-order valence-corrected chi connectivity index (χ4v) is 3.62. The number of hydrogen-bond donors (Lipinski definition) is 6. The second-order valence-corrected chi connectivity index (χ2v) is 9.87. The third-order valence-electron chi connectivity index (χ3n) is 3.75. The molecule has 0 saturated heterocycles. The summed E-state index contributed by atoms with van der Waals surface area (Å²) in [7, 11) is 0. The summed E-state index contributed by atoms with van der Waals surface area (Å²) >= 11 is 3.15. The third-order valence-corrected chi connectivity index (χ3v) is 5.91. The molecule has 0 unspecified atom stereocenters. The van der Waals surface area contributed by atoms with Crippen LogP contribution in [-0.4, -0.2) is 70.5 Å². The molecule has 0 atom stereocenters. The van der Waals surface area contributed by atoms with Crippen molar-refractivity contribution in [1.82, 2.24) is 0 Å². The minimum atomic E-state index is -0.440. The Labute approximate surface area is 205 Å². The first kappa shape index (κ1) is 30.9. The van der Waals surface area contributed by atoms with Crippen molar-refractivity contribution in [1.29, 1.82) is 16.2 Å². The van der Waals surface area contributed by atoms with E-state index in [-0.39, 0.29) is 60.5 Å². The van der Waals surface area contributed by atoms with Gasteiger partial charge in [0.2, 0.25) is 0 Å². The van der Waals surface area contributed by atoms with Gasteiger partial charge in [-0.05, 0) is 18.8 Å². The van der Waals surface area contributed by atoms with Crippen LogP contribution >= 0.6 is 35.3 Å². The molecule has 0 radical (unpaired) electrons. The molecule has 9 N–H and O–H groups in total. The number of thioether (sulfide) groups is 3. The standard InChI is InChI=1S/C18H32N6O6S3/c19-16(20)31-8-3-13(25)28-6-1-12(11-30-15(27)5-10-33-18(23)24)2-7-29-14(26)4-9-32-17(21)22/h12H,1-11H2,(H3,19,20)(H3,21,22)(H3,23,24). The molecule has 0 saturated carbocycles. The highest BCUT2D eigenvalue weighted by atomic mass is 32.2. The molecule has 12 nitrogen and oxygen atoms in total. The zero-order chi connectivity index (χ0) is 25.1. The Morgan fingerprint density at radius 2 is 0.970 bits per heavy atom. The van der Waals surface area contributed by atoms with Gasteiger partial charge in [0.1, 0.15) is 0 Å². The number of carbonyl (C=O) groups is 3. The van der Waals surface area contributed by atoms with E-state index in [1.807, 2.05) is 0 Å². The van der Waals surface area contributed by atoms with E-state index in [0.29, 0.717) is 30.1 Å². The Hall–Kier alpha value is -2.13. The molecule has 0 aliphatic rings. The Morgan fingerprint density at radius 1 is 0.636 bits per heavy atom. The number of ether oxygens (including phenoxy) is 3. The highest BCUT2D eigenvalue weighted by molar-refractivity contribution is 8.14. The Kier molecular flexibility index (Phi) is 18.1.